The zero-order chi connectivity index (χ0) is 13.0. The van der Waals surface area contributed by atoms with Crippen LogP contribution in [0, 0.1) is 6.92 Å². The van der Waals surface area contributed by atoms with Crippen LogP contribution in [0.3, 0.4) is 0 Å². The molecule has 5 heteroatoms. The molecule has 2 aromatic rings. The van der Waals surface area contributed by atoms with Crippen molar-refractivity contribution in [3.63, 3.8) is 0 Å². The van der Waals surface area contributed by atoms with Gasteiger partial charge < -0.3 is 5.32 Å². The molecule has 1 N–H and O–H groups in total. The Kier molecular flexibility index (Phi) is 4.04. The summed E-state index contributed by atoms with van der Waals surface area (Å²) in [5.74, 6) is 1.48. The molecule has 0 spiro atoms. The molecule has 2 aromatic heterocycles. The van der Waals surface area contributed by atoms with Crippen LogP contribution in [-0.2, 0) is 0 Å². The molecule has 0 atom stereocenters. The van der Waals surface area contributed by atoms with Crippen LogP contribution in [0.25, 0.3) is 11.4 Å². The molecule has 0 radical (unpaired) electrons. The highest BCUT2D eigenvalue weighted by Gasteiger charge is 2.04. The zero-order valence-electron chi connectivity index (χ0n) is 10.0. The number of nitrogens with one attached hydrogen (secondary N) is 1. The first-order valence-electron chi connectivity index (χ1n) is 5.48. The van der Waals surface area contributed by atoms with Gasteiger partial charge >= 0.3 is 0 Å². The highest BCUT2D eigenvalue weighted by atomic mass is 79.9. The molecule has 0 fully saturated rings. The molecule has 0 bridgehead atoms. The monoisotopic (exact) mass is 304 g/mol. The first-order valence-corrected chi connectivity index (χ1v) is 6.27. The van der Waals surface area contributed by atoms with Gasteiger partial charge in [-0.1, -0.05) is 22.5 Å². The van der Waals surface area contributed by atoms with Gasteiger partial charge in [0.1, 0.15) is 5.82 Å². The second-order valence-corrected chi connectivity index (χ2v) is 4.95. The van der Waals surface area contributed by atoms with Gasteiger partial charge in [-0.2, -0.15) is 0 Å². The molecule has 0 unspecified atom stereocenters. The molecule has 0 saturated heterocycles. The van der Waals surface area contributed by atoms with Gasteiger partial charge in [-0.25, -0.2) is 9.97 Å². The Balaban J connectivity index is 2.29. The van der Waals surface area contributed by atoms with E-state index in [0.717, 1.165) is 21.6 Å². The number of aromatic nitrogens is 3. The summed E-state index contributed by atoms with van der Waals surface area (Å²) in [6.07, 6.45) is 3.46. The molecule has 0 aliphatic rings. The van der Waals surface area contributed by atoms with E-state index < -0.39 is 0 Å². The molecular formula is C13H13BrN4. The van der Waals surface area contributed by atoms with Crippen molar-refractivity contribution in [3.8, 4) is 11.4 Å². The lowest BCUT2D eigenvalue weighted by molar-refractivity contribution is 1.09. The molecule has 0 aliphatic heterocycles. The molecule has 2 rings (SSSR count). The van der Waals surface area contributed by atoms with Crippen LogP contribution >= 0.6 is 15.9 Å². The van der Waals surface area contributed by atoms with Crippen molar-refractivity contribution in [2.75, 3.05) is 11.9 Å². The number of aryl methyl sites for hydroxylation is 1. The van der Waals surface area contributed by atoms with Gasteiger partial charge in [0.15, 0.2) is 5.82 Å². The smallest absolute Gasteiger partial charge is 0.161 e. The summed E-state index contributed by atoms with van der Waals surface area (Å²) >= 11 is 3.31. The summed E-state index contributed by atoms with van der Waals surface area (Å²) in [7, 11) is 0. The summed E-state index contributed by atoms with van der Waals surface area (Å²) in [6.45, 7) is 6.35. The summed E-state index contributed by atoms with van der Waals surface area (Å²) < 4.78 is 0.879. The summed E-state index contributed by atoms with van der Waals surface area (Å²) in [5.41, 5.74) is 1.87. The molecule has 92 valence electrons. The molecule has 18 heavy (non-hydrogen) atoms. The Bertz CT molecular complexity index is 554. The minimum atomic E-state index is 0.631. The van der Waals surface area contributed by atoms with E-state index in [0.29, 0.717) is 12.4 Å². The number of halogens is 1. The van der Waals surface area contributed by atoms with Crippen molar-refractivity contribution in [2.45, 2.75) is 6.92 Å². The highest BCUT2D eigenvalue weighted by molar-refractivity contribution is 9.11. The van der Waals surface area contributed by atoms with Gasteiger partial charge in [0.2, 0.25) is 0 Å². The lowest BCUT2D eigenvalue weighted by Crippen LogP contribution is -2.05. The maximum Gasteiger partial charge on any atom is 0.161 e. The number of rotatable bonds is 4. The van der Waals surface area contributed by atoms with E-state index in [9.17, 15) is 0 Å². The van der Waals surface area contributed by atoms with Crippen LogP contribution in [0.15, 0.2) is 41.7 Å². The van der Waals surface area contributed by atoms with E-state index in [1.54, 1.807) is 12.4 Å². The average molecular weight is 305 g/mol. The largest absolute Gasteiger partial charge is 0.365 e. The van der Waals surface area contributed by atoms with Gasteiger partial charge in [0.05, 0.1) is 0 Å². The topological polar surface area (TPSA) is 50.7 Å². The second kappa shape index (κ2) is 5.73. The highest BCUT2D eigenvalue weighted by Crippen LogP contribution is 2.17. The van der Waals surface area contributed by atoms with Crippen LogP contribution in [0.4, 0.5) is 5.82 Å². The lowest BCUT2D eigenvalue weighted by atomic mass is 10.2. The molecule has 4 nitrogen and oxygen atoms in total. The Morgan fingerprint density at radius 1 is 1.33 bits per heavy atom. The Morgan fingerprint density at radius 3 is 2.72 bits per heavy atom. The van der Waals surface area contributed by atoms with E-state index >= 15 is 0 Å². The van der Waals surface area contributed by atoms with Crippen LogP contribution in [-0.4, -0.2) is 21.5 Å². The second-order valence-electron chi connectivity index (χ2n) is 3.82. The first kappa shape index (κ1) is 12.7. The van der Waals surface area contributed by atoms with Crippen molar-refractivity contribution in [2.24, 2.45) is 0 Å². The predicted octanol–water partition coefficient (Wildman–Crippen LogP) is 3.17. The molecule has 0 amide bonds. The third-order valence-electron chi connectivity index (χ3n) is 2.25. The Hall–Kier alpha value is -1.75. The van der Waals surface area contributed by atoms with Crippen molar-refractivity contribution >= 4 is 21.7 Å². The van der Waals surface area contributed by atoms with Gasteiger partial charge in [-0.15, -0.1) is 0 Å². The van der Waals surface area contributed by atoms with Gasteiger partial charge in [-0.3, -0.25) is 4.98 Å². The standard InChI is InChI=1S/C13H13BrN4/c1-9(14)8-16-12-7-10(2)17-13(18-12)11-3-5-15-6-4-11/h3-7H,1,8H2,2H3,(H,16,17,18). The summed E-state index contributed by atoms with van der Waals surface area (Å²) in [6, 6.07) is 5.69. The van der Waals surface area contributed by atoms with E-state index in [1.807, 2.05) is 25.1 Å². The first-order chi connectivity index (χ1) is 8.65. The Labute approximate surface area is 114 Å². The van der Waals surface area contributed by atoms with Crippen LogP contribution < -0.4 is 5.32 Å². The summed E-state index contributed by atoms with van der Waals surface area (Å²) in [5, 5.41) is 3.18. The van der Waals surface area contributed by atoms with Crippen LogP contribution in [0.2, 0.25) is 0 Å². The summed E-state index contributed by atoms with van der Waals surface area (Å²) in [4.78, 5) is 12.9. The van der Waals surface area contributed by atoms with Crippen molar-refractivity contribution < 1.29 is 0 Å². The minimum absolute atomic E-state index is 0.631. The van der Waals surface area contributed by atoms with E-state index in [2.05, 4.69) is 42.8 Å². The van der Waals surface area contributed by atoms with Crippen molar-refractivity contribution in [1.82, 2.24) is 15.0 Å². The molecule has 0 aromatic carbocycles. The quantitative estimate of drug-likeness (QED) is 0.942. The maximum atomic E-state index is 4.46. The fraction of sp³-hybridized carbons (Fsp3) is 0.154. The van der Waals surface area contributed by atoms with Crippen LogP contribution in [0.5, 0.6) is 0 Å². The van der Waals surface area contributed by atoms with E-state index in [-0.39, 0.29) is 0 Å². The number of anilines is 1. The van der Waals surface area contributed by atoms with Crippen LogP contribution in [0.1, 0.15) is 5.69 Å². The number of nitrogens with zero attached hydrogens (tertiary/aromatic N) is 3. The van der Waals surface area contributed by atoms with Crippen molar-refractivity contribution in [1.29, 1.82) is 0 Å². The molecule has 0 aliphatic carbocycles. The van der Waals surface area contributed by atoms with E-state index in [1.165, 1.54) is 0 Å². The SMILES string of the molecule is C=C(Br)CNc1cc(C)nc(-c2ccncc2)n1. The third kappa shape index (κ3) is 3.37. The van der Waals surface area contributed by atoms with Crippen molar-refractivity contribution in [3.05, 3.63) is 47.3 Å². The fourth-order valence-corrected chi connectivity index (χ4v) is 1.62. The predicted molar refractivity (Wildman–Crippen MR) is 76.6 cm³/mol. The maximum absolute atomic E-state index is 4.46. The molecule has 0 saturated carbocycles. The molecular weight excluding hydrogens is 292 g/mol. The molecule has 2 heterocycles. The average Bonchev–Trinajstić information content (AvgIpc) is 2.37. The minimum Gasteiger partial charge on any atom is -0.365 e. The van der Waals surface area contributed by atoms with Gasteiger partial charge in [-0.05, 0) is 19.1 Å². The lowest BCUT2D eigenvalue weighted by Gasteiger charge is -2.07. The van der Waals surface area contributed by atoms with E-state index in [4.69, 9.17) is 0 Å². The zero-order valence-corrected chi connectivity index (χ0v) is 11.6. The van der Waals surface area contributed by atoms with Gasteiger partial charge in [0.25, 0.3) is 0 Å². The number of hydrogen-bond acceptors (Lipinski definition) is 4. The number of pyridine rings is 1. The van der Waals surface area contributed by atoms with Gasteiger partial charge in [0, 0.05) is 40.7 Å². The normalized spacial score (nSPS) is 10.1. The third-order valence-corrected chi connectivity index (χ3v) is 2.53. The Morgan fingerprint density at radius 2 is 2.06 bits per heavy atom. The number of hydrogen-bond donors (Lipinski definition) is 1. The fourth-order valence-electron chi connectivity index (χ4n) is 1.48.